The molecule has 0 aromatic heterocycles. The van der Waals surface area contributed by atoms with Crippen LogP contribution in [0.1, 0.15) is 37.7 Å². The molecule has 4 rings (SSSR count). The van der Waals surface area contributed by atoms with Crippen molar-refractivity contribution in [3.63, 3.8) is 0 Å². The highest BCUT2D eigenvalue weighted by atomic mass is 35.5. The molecule has 1 aromatic rings. The zero-order valence-corrected chi connectivity index (χ0v) is 18.3. The van der Waals surface area contributed by atoms with E-state index >= 15 is 0 Å². The fourth-order valence-electron chi connectivity index (χ4n) is 4.97. The van der Waals surface area contributed by atoms with Crippen molar-refractivity contribution < 1.29 is 13.9 Å². The van der Waals surface area contributed by atoms with Crippen molar-refractivity contribution in [3.05, 3.63) is 35.6 Å². The summed E-state index contributed by atoms with van der Waals surface area (Å²) in [4.78, 5) is 12.9. The normalized spacial score (nSPS) is 24.9. The lowest BCUT2D eigenvalue weighted by Crippen LogP contribution is -2.48. The van der Waals surface area contributed by atoms with Crippen LogP contribution in [0.4, 0.5) is 4.39 Å². The Morgan fingerprint density at radius 3 is 2.59 bits per heavy atom. The number of carbonyl (C=O) groups excluding carboxylic acids is 1. The highest BCUT2D eigenvalue weighted by Crippen LogP contribution is 2.38. The van der Waals surface area contributed by atoms with Crippen LogP contribution in [-0.2, 0) is 14.9 Å². The fourth-order valence-corrected chi connectivity index (χ4v) is 4.97. The van der Waals surface area contributed by atoms with Gasteiger partial charge in [0.05, 0.1) is 6.04 Å². The van der Waals surface area contributed by atoms with Gasteiger partial charge in [-0.3, -0.25) is 4.79 Å². The summed E-state index contributed by atoms with van der Waals surface area (Å²) >= 11 is 0. The standard InChI is InChI=1S/C21H30FN3O2.2ClH/c22-17-3-1-2-16(12-17)21(6-10-27-11-7-21)15-25-19(26)18-13-20(14-24-18)4-8-23-9-5-20;;/h1-3,12,18,23-24H,4-11,13-15H2,(H,25,26);2*1H. The minimum absolute atomic E-state index is 0. The van der Waals surface area contributed by atoms with E-state index in [0.717, 1.165) is 57.3 Å². The topological polar surface area (TPSA) is 62.4 Å². The average Bonchev–Trinajstić information content (AvgIpc) is 3.11. The second-order valence-electron chi connectivity index (χ2n) is 8.51. The van der Waals surface area contributed by atoms with Crippen molar-refractivity contribution in [2.75, 3.05) is 39.4 Å². The van der Waals surface area contributed by atoms with E-state index in [1.54, 1.807) is 12.1 Å². The summed E-state index contributed by atoms with van der Waals surface area (Å²) in [6, 6.07) is 6.68. The molecule has 8 heteroatoms. The van der Waals surface area contributed by atoms with Gasteiger partial charge in [-0.05, 0) is 68.3 Å². The van der Waals surface area contributed by atoms with Crippen molar-refractivity contribution in [2.45, 2.75) is 43.6 Å². The molecule has 1 spiro atoms. The minimum Gasteiger partial charge on any atom is -0.381 e. The van der Waals surface area contributed by atoms with Crippen LogP contribution in [0.15, 0.2) is 24.3 Å². The molecule has 1 atom stereocenters. The molecule has 0 radical (unpaired) electrons. The van der Waals surface area contributed by atoms with E-state index in [1.807, 2.05) is 6.07 Å². The molecule has 1 aromatic carbocycles. The fraction of sp³-hybridized carbons (Fsp3) is 0.667. The first-order chi connectivity index (χ1) is 13.1. The molecule has 1 unspecified atom stereocenters. The Balaban J connectivity index is 0.00000150. The molecule has 3 saturated heterocycles. The van der Waals surface area contributed by atoms with Gasteiger partial charge >= 0.3 is 0 Å². The molecule has 3 heterocycles. The van der Waals surface area contributed by atoms with Crippen LogP contribution in [0.3, 0.4) is 0 Å². The number of ether oxygens (including phenoxy) is 1. The quantitative estimate of drug-likeness (QED) is 0.663. The van der Waals surface area contributed by atoms with E-state index in [1.165, 1.54) is 6.07 Å². The van der Waals surface area contributed by atoms with Crippen molar-refractivity contribution in [1.29, 1.82) is 0 Å². The van der Waals surface area contributed by atoms with Gasteiger partial charge in [-0.2, -0.15) is 0 Å². The van der Waals surface area contributed by atoms with Crippen LogP contribution in [0.2, 0.25) is 0 Å². The van der Waals surface area contributed by atoms with Gasteiger partial charge in [0.15, 0.2) is 0 Å². The van der Waals surface area contributed by atoms with E-state index < -0.39 is 0 Å². The third-order valence-corrected chi connectivity index (χ3v) is 6.83. The lowest BCUT2D eigenvalue weighted by Gasteiger charge is -2.38. The van der Waals surface area contributed by atoms with Gasteiger partial charge in [0.1, 0.15) is 5.82 Å². The zero-order chi connectivity index (χ0) is 18.7. The molecule has 3 fully saturated rings. The number of hydrogen-bond acceptors (Lipinski definition) is 4. The van der Waals surface area contributed by atoms with Crippen LogP contribution < -0.4 is 16.0 Å². The monoisotopic (exact) mass is 447 g/mol. The van der Waals surface area contributed by atoms with E-state index in [4.69, 9.17) is 4.74 Å². The molecule has 5 nitrogen and oxygen atoms in total. The van der Waals surface area contributed by atoms with E-state index in [2.05, 4.69) is 16.0 Å². The van der Waals surface area contributed by atoms with Gasteiger partial charge in [0.2, 0.25) is 5.91 Å². The summed E-state index contributed by atoms with van der Waals surface area (Å²) in [5.41, 5.74) is 0.980. The van der Waals surface area contributed by atoms with Gasteiger partial charge < -0.3 is 20.7 Å². The lowest BCUT2D eigenvalue weighted by atomic mass is 9.74. The molecule has 164 valence electrons. The smallest absolute Gasteiger partial charge is 0.237 e. The van der Waals surface area contributed by atoms with Crippen molar-refractivity contribution in [2.24, 2.45) is 5.41 Å². The number of nitrogens with one attached hydrogen (secondary N) is 3. The van der Waals surface area contributed by atoms with Gasteiger partial charge in [-0.1, -0.05) is 12.1 Å². The Morgan fingerprint density at radius 2 is 1.90 bits per heavy atom. The molecule has 0 bridgehead atoms. The van der Waals surface area contributed by atoms with Gasteiger partial charge in [-0.15, -0.1) is 24.8 Å². The second kappa shape index (κ2) is 10.4. The summed E-state index contributed by atoms with van der Waals surface area (Å²) in [5, 5.41) is 10.0. The van der Waals surface area contributed by atoms with Crippen LogP contribution in [0.5, 0.6) is 0 Å². The summed E-state index contributed by atoms with van der Waals surface area (Å²) in [6.07, 6.45) is 4.77. The summed E-state index contributed by atoms with van der Waals surface area (Å²) < 4.78 is 19.3. The van der Waals surface area contributed by atoms with Crippen LogP contribution in [0, 0.1) is 11.2 Å². The number of hydrogen-bond donors (Lipinski definition) is 3. The van der Waals surface area contributed by atoms with Crippen molar-refractivity contribution >= 4 is 30.7 Å². The number of amides is 1. The Kier molecular flexibility index (Phi) is 8.73. The summed E-state index contributed by atoms with van der Waals surface area (Å²) in [6.45, 7) is 4.83. The number of rotatable bonds is 4. The highest BCUT2D eigenvalue weighted by Gasteiger charge is 2.43. The predicted molar refractivity (Wildman–Crippen MR) is 117 cm³/mol. The highest BCUT2D eigenvalue weighted by molar-refractivity contribution is 5.85. The Morgan fingerprint density at radius 1 is 1.17 bits per heavy atom. The Bertz CT molecular complexity index is 680. The molecular weight excluding hydrogens is 416 g/mol. The number of piperidine rings is 1. The third kappa shape index (κ3) is 5.42. The molecule has 0 saturated carbocycles. The van der Waals surface area contributed by atoms with E-state index in [-0.39, 0.29) is 53.4 Å². The Hall–Kier alpha value is -0.920. The lowest BCUT2D eigenvalue weighted by molar-refractivity contribution is -0.123. The second-order valence-corrected chi connectivity index (χ2v) is 8.51. The summed E-state index contributed by atoms with van der Waals surface area (Å²) in [7, 11) is 0. The molecule has 3 N–H and O–H groups in total. The zero-order valence-electron chi connectivity index (χ0n) is 16.7. The largest absolute Gasteiger partial charge is 0.381 e. The number of halogens is 3. The molecule has 29 heavy (non-hydrogen) atoms. The van der Waals surface area contributed by atoms with Crippen molar-refractivity contribution in [3.8, 4) is 0 Å². The Labute approximate surface area is 184 Å². The van der Waals surface area contributed by atoms with Gasteiger partial charge in [-0.25, -0.2) is 4.39 Å². The molecule has 0 aliphatic carbocycles. The molecule has 3 aliphatic heterocycles. The molecular formula is C21H32Cl2FN3O2. The maximum absolute atomic E-state index is 13.8. The van der Waals surface area contributed by atoms with Crippen LogP contribution in [-0.4, -0.2) is 51.3 Å². The summed E-state index contributed by atoms with van der Waals surface area (Å²) in [5.74, 6) is -0.150. The SMILES string of the molecule is Cl.Cl.O=C(NCC1(c2cccc(F)c2)CCOCC1)C1CC2(CCNCC2)CN1. The first-order valence-corrected chi connectivity index (χ1v) is 10.2. The maximum Gasteiger partial charge on any atom is 0.237 e. The minimum atomic E-state index is -0.249. The maximum atomic E-state index is 13.8. The van der Waals surface area contributed by atoms with Gasteiger partial charge in [0.25, 0.3) is 0 Å². The predicted octanol–water partition coefficient (Wildman–Crippen LogP) is 2.57. The number of benzene rings is 1. The first kappa shape index (κ1) is 24.4. The van der Waals surface area contributed by atoms with Gasteiger partial charge in [0, 0.05) is 31.7 Å². The number of carbonyl (C=O) groups is 1. The van der Waals surface area contributed by atoms with Crippen LogP contribution >= 0.6 is 24.8 Å². The van der Waals surface area contributed by atoms with E-state index in [9.17, 15) is 9.18 Å². The molecule has 1 amide bonds. The molecule has 3 aliphatic rings. The average molecular weight is 448 g/mol. The first-order valence-electron chi connectivity index (χ1n) is 10.2. The van der Waals surface area contributed by atoms with Crippen LogP contribution in [0.25, 0.3) is 0 Å². The van der Waals surface area contributed by atoms with Crippen molar-refractivity contribution in [1.82, 2.24) is 16.0 Å². The third-order valence-electron chi connectivity index (χ3n) is 6.83. The van der Waals surface area contributed by atoms with E-state index in [0.29, 0.717) is 19.8 Å².